The van der Waals surface area contributed by atoms with Crippen molar-refractivity contribution in [1.29, 1.82) is 0 Å². The average molecular weight is 346 g/mol. The van der Waals surface area contributed by atoms with Crippen LogP contribution in [0.5, 0.6) is 5.88 Å². The number of nitrogens with zero attached hydrogens (tertiary/aromatic N) is 2. The first-order chi connectivity index (χ1) is 11.8. The van der Waals surface area contributed by atoms with Gasteiger partial charge in [0.25, 0.3) is 5.56 Å². The number of halogens is 3. The summed E-state index contributed by atoms with van der Waals surface area (Å²) in [5.41, 5.74) is -1.33. The van der Waals surface area contributed by atoms with E-state index >= 15 is 0 Å². The van der Waals surface area contributed by atoms with E-state index in [0.29, 0.717) is 5.39 Å². The molecule has 0 saturated heterocycles. The lowest BCUT2D eigenvalue weighted by molar-refractivity contribution is -0.137. The van der Waals surface area contributed by atoms with Gasteiger partial charge in [-0.15, -0.1) is 0 Å². The van der Waals surface area contributed by atoms with Gasteiger partial charge in [0.15, 0.2) is 0 Å². The molecular weight excluding hydrogens is 333 g/mol. The number of aromatic hydroxyl groups is 1. The highest BCUT2D eigenvalue weighted by molar-refractivity contribution is 6.01. The molecule has 0 atom stereocenters. The summed E-state index contributed by atoms with van der Waals surface area (Å²) in [5.74, 6) is -0.464. The van der Waals surface area contributed by atoms with E-state index in [1.165, 1.54) is 25.4 Å². The first kappa shape index (κ1) is 16.8. The molecule has 25 heavy (non-hydrogen) atoms. The Morgan fingerprint density at radius 3 is 2.40 bits per heavy atom. The van der Waals surface area contributed by atoms with E-state index in [0.717, 1.165) is 16.7 Å². The van der Waals surface area contributed by atoms with Crippen LogP contribution in [0.25, 0.3) is 16.5 Å². The third-order valence-electron chi connectivity index (χ3n) is 3.79. The number of hydrogen-bond donors (Lipinski definition) is 1. The number of benzene rings is 2. The van der Waals surface area contributed by atoms with Gasteiger partial charge in [-0.1, -0.05) is 24.3 Å². The summed E-state index contributed by atoms with van der Waals surface area (Å²) in [6.07, 6.45) is -3.19. The molecule has 0 aliphatic heterocycles. The lowest BCUT2D eigenvalue weighted by Crippen LogP contribution is -2.20. The minimum atomic E-state index is -4.56. The Hall–Kier alpha value is -3.09. The molecule has 0 spiro atoms. The first-order valence-corrected chi connectivity index (χ1v) is 7.31. The molecule has 128 valence electrons. The quantitative estimate of drug-likeness (QED) is 0.718. The van der Waals surface area contributed by atoms with Gasteiger partial charge >= 0.3 is 6.18 Å². The minimum absolute atomic E-state index is 0.0752. The molecule has 0 saturated carbocycles. The van der Waals surface area contributed by atoms with E-state index in [-0.39, 0.29) is 16.6 Å². The molecule has 3 aromatic rings. The van der Waals surface area contributed by atoms with Gasteiger partial charge in [0.05, 0.1) is 16.8 Å². The zero-order valence-electron chi connectivity index (χ0n) is 13.1. The monoisotopic (exact) mass is 346 g/mol. The third-order valence-corrected chi connectivity index (χ3v) is 3.79. The first-order valence-electron chi connectivity index (χ1n) is 7.31. The lowest BCUT2D eigenvalue weighted by atomic mass is 10.1. The van der Waals surface area contributed by atoms with Crippen molar-refractivity contribution >= 4 is 17.0 Å². The van der Waals surface area contributed by atoms with E-state index in [1.54, 1.807) is 24.3 Å². The molecule has 0 aliphatic carbocycles. The maximum Gasteiger partial charge on any atom is 0.416 e. The molecule has 0 unspecified atom stereocenters. The van der Waals surface area contributed by atoms with Gasteiger partial charge in [-0.2, -0.15) is 13.2 Å². The summed E-state index contributed by atoms with van der Waals surface area (Å²) in [6.45, 7) is 0. The number of rotatable bonds is 2. The fraction of sp³-hybridized carbons (Fsp3) is 0.111. The van der Waals surface area contributed by atoms with Gasteiger partial charge in [0.1, 0.15) is 0 Å². The Labute approximate surface area is 140 Å². The molecule has 4 nitrogen and oxygen atoms in total. The van der Waals surface area contributed by atoms with E-state index in [1.807, 2.05) is 0 Å². The molecule has 7 heteroatoms. The molecular formula is C18H13F3N2O2. The molecule has 1 heterocycles. The molecule has 0 aliphatic rings. The topological polar surface area (TPSA) is 54.6 Å². The summed E-state index contributed by atoms with van der Waals surface area (Å²) >= 11 is 0. The van der Waals surface area contributed by atoms with Crippen molar-refractivity contribution < 1.29 is 18.3 Å². The van der Waals surface area contributed by atoms with Gasteiger partial charge < -0.3 is 5.11 Å². The SMILES string of the molecule is CN=Cc1c(O)n(-c2cccc(C(F)(F)F)c2)c(=O)c2ccccc12. The largest absolute Gasteiger partial charge is 0.494 e. The molecule has 0 radical (unpaired) electrons. The second kappa shape index (κ2) is 6.08. The van der Waals surface area contributed by atoms with Gasteiger partial charge in [-0.25, -0.2) is 4.57 Å². The number of aliphatic imine (C=N–C) groups is 1. The van der Waals surface area contributed by atoms with Crippen LogP contribution in [-0.2, 0) is 6.18 Å². The Morgan fingerprint density at radius 2 is 1.76 bits per heavy atom. The van der Waals surface area contributed by atoms with E-state index in [9.17, 15) is 23.1 Å². The number of hydrogen-bond acceptors (Lipinski definition) is 3. The summed E-state index contributed by atoms with van der Waals surface area (Å²) in [5, 5.41) is 11.3. The van der Waals surface area contributed by atoms with Crippen LogP contribution in [0.15, 0.2) is 58.3 Å². The molecule has 1 aromatic heterocycles. The summed E-state index contributed by atoms with van der Waals surface area (Å²) in [6, 6.07) is 10.8. The molecule has 0 bridgehead atoms. The predicted molar refractivity (Wildman–Crippen MR) is 89.7 cm³/mol. The fourth-order valence-electron chi connectivity index (χ4n) is 2.68. The highest BCUT2D eigenvalue weighted by atomic mass is 19.4. The molecule has 2 aromatic carbocycles. The van der Waals surface area contributed by atoms with Crippen molar-refractivity contribution in [2.75, 3.05) is 7.05 Å². The van der Waals surface area contributed by atoms with Crippen molar-refractivity contribution in [1.82, 2.24) is 4.57 Å². The Morgan fingerprint density at radius 1 is 1.08 bits per heavy atom. The lowest BCUT2D eigenvalue weighted by Gasteiger charge is -2.15. The highest BCUT2D eigenvalue weighted by Crippen LogP contribution is 2.32. The average Bonchev–Trinajstić information content (AvgIpc) is 2.58. The number of alkyl halides is 3. The fourth-order valence-corrected chi connectivity index (χ4v) is 2.68. The zero-order valence-corrected chi connectivity index (χ0v) is 13.1. The standard InChI is InChI=1S/C18H13F3N2O2/c1-22-10-15-13-7-2-3-8-14(13)16(24)23(17(15)25)12-6-4-5-11(9-12)18(19,20)21/h2-10,25H,1H3. The van der Waals surface area contributed by atoms with Crippen LogP contribution < -0.4 is 5.56 Å². The molecule has 0 amide bonds. The Kier molecular flexibility index (Phi) is 4.08. The second-order valence-corrected chi connectivity index (χ2v) is 5.36. The highest BCUT2D eigenvalue weighted by Gasteiger charge is 2.31. The zero-order chi connectivity index (χ0) is 18.2. The number of fused-ring (bicyclic) bond motifs is 1. The third kappa shape index (κ3) is 2.88. The van der Waals surface area contributed by atoms with E-state index in [2.05, 4.69) is 4.99 Å². The maximum atomic E-state index is 13.0. The summed E-state index contributed by atoms with van der Waals surface area (Å²) < 4.78 is 39.8. The van der Waals surface area contributed by atoms with Gasteiger partial charge in [-0.3, -0.25) is 9.79 Å². The Bertz CT molecular complexity index is 1040. The molecule has 3 rings (SSSR count). The maximum absolute atomic E-state index is 13.0. The van der Waals surface area contributed by atoms with Crippen LogP contribution in [0.1, 0.15) is 11.1 Å². The molecule has 0 fully saturated rings. The summed E-state index contributed by atoms with van der Waals surface area (Å²) in [7, 11) is 1.49. The second-order valence-electron chi connectivity index (χ2n) is 5.36. The van der Waals surface area contributed by atoms with Crippen molar-refractivity contribution in [2.24, 2.45) is 4.99 Å². The van der Waals surface area contributed by atoms with Crippen LogP contribution in [0.3, 0.4) is 0 Å². The van der Waals surface area contributed by atoms with Gasteiger partial charge in [0, 0.05) is 24.0 Å². The van der Waals surface area contributed by atoms with E-state index in [4.69, 9.17) is 0 Å². The van der Waals surface area contributed by atoms with E-state index < -0.39 is 23.2 Å². The summed E-state index contributed by atoms with van der Waals surface area (Å²) in [4.78, 5) is 16.6. The number of aromatic nitrogens is 1. The van der Waals surface area contributed by atoms with Crippen LogP contribution in [0, 0.1) is 0 Å². The smallest absolute Gasteiger partial charge is 0.416 e. The van der Waals surface area contributed by atoms with Crippen molar-refractivity contribution in [3.8, 4) is 11.6 Å². The molecule has 1 N–H and O–H groups in total. The van der Waals surface area contributed by atoms with Crippen molar-refractivity contribution in [2.45, 2.75) is 6.18 Å². The number of pyridine rings is 1. The van der Waals surface area contributed by atoms with Crippen LogP contribution in [0.4, 0.5) is 13.2 Å². The van der Waals surface area contributed by atoms with Crippen LogP contribution >= 0.6 is 0 Å². The van der Waals surface area contributed by atoms with Crippen LogP contribution in [-0.4, -0.2) is 22.9 Å². The predicted octanol–water partition coefficient (Wildman–Crippen LogP) is 3.76. The van der Waals surface area contributed by atoms with Crippen molar-refractivity contribution in [3.63, 3.8) is 0 Å². The van der Waals surface area contributed by atoms with Crippen LogP contribution in [0.2, 0.25) is 0 Å². The van der Waals surface area contributed by atoms with Crippen molar-refractivity contribution in [3.05, 3.63) is 70.0 Å². The minimum Gasteiger partial charge on any atom is -0.494 e. The Balaban J connectivity index is 2.40. The van der Waals surface area contributed by atoms with Gasteiger partial charge in [0.2, 0.25) is 5.88 Å². The normalized spacial score (nSPS) is 12.2. The van der Waals surface area contributed by atoms with Gasteiger partial charge in [-0.05, 0) is 24.3 Å².